The van der Waals surface area contributed by atoms with Crippen LogP contribution in [0.15, 0.2) is 65.7 Å². The zero-order chi connectivity index (χ0) is 29.1. The standard InChI is InChI=1S/C31H32N4O6/c1-34(2)13-14-35(3)30(37)19-5-9-22(10-6-19)32-28(20-8-12-25-26(18-20)41-16-15-40-25)27-23-11-7-21(31(38)39-4)17-24(23)33-29(27)36/h5-12,17-18,27H,13-16H2,1-4H3,(H,33,36). The van der Waals surface area contributed by atoms with Crippen molar-refractivity contribution in [2.75, 3.05) is 59.9 Å². The SMILES string of the molecule is COC(=O)c1ccc2c(c1)NC(=O)C2C(=Nc1ccc(C(=O)N(C)CCN(C)C)cc1)c1ccc2c(c1)OCCO2. The summed E-state index contributed by atoms with van der Waals surface area (Å²) < 4.78 is 16.3. The summed E-state index contributed by atoms with van der Waals surface area (Å²) in [7, 11) is 7.01. The van der Waals surface area contributed by atoms with E-state index in [4.69, 9.17) is 19.2 Å². The van der Waals surface area contributed by atoms with Gasteiger partial charge in [0.1, 0.15) is 19.1 Å². The summed E-state index contributed by atoms with van der Waals surface area (Å²) in [5.41, 5.74) is 3.84. The summed E-state index contributed by atoms with van der Waals surface area (Å²) in [6.45, 7) is 2.25. The third-order valence-corrected chi connectivity index (χ3v) is 7.01. The maximum atomic E-state index is 13.4. The first-order chi connectivity index (χ1) is 19.7. The number of amides is 2. The van der Waals surface area contributed by atoms with Gasteiger partial charge in [0.2, 0.25) is 5.91 Å². The number of benzene rings is 3. The Kier molecular flexibility index (Phi) is 8.02. The smallest absolute Gasteiger partial charge is 0.337 e. The molecule has 10 nitrogen and oxygen atoms in total. The molecule has 2 heterocycles. The molecule has 1 atom stereocenters. The molecule has 2 amide bonds. The molecule has 0 saturated carbocycles. The number of anilines is 1. The van der Waals surface area contributed by atoms with Gasteiger partial charge in [-0.15, -0.1) is 0 Å². The lowest BCUT2D eigenvalue weighted by atomic mass is 9.90. The van der Waals surface area contributed by atoms with Crippen LogP contribution in [-0.2, 0) is 9.53 Å². The molecule has 5 rings (SSSR count). The predicted octanol–water partition coefficient (Wildman–Crippen LogP) is 3.73. The monoisotopic (exact) mass is 556 g/mol. The number of likely N-dealkylation sites (N-methyl/N-ethyl adjacent to an activating group) is 2. The zero-order valence-electron chi connectivity index (χ0n) is 23.5. The first kappa shape index (κ1) is 27.9. The Morgan fingerprint density at radius 1 is 0.902 bits per heavy atom. The number of fused-ring (bicyclic) bond motifs is 2. The van der Waals surface area contributed by atoms with Crippen molar-refractivity contribution < 1.29 is 28.6 Å². The van der Waals surface area contributed by atoms with Crippen molar-refractivity contribution in [2.45, 2.75) is 5.92 Å². The van der Waals surface area contributed by atoms with Gasteiger partial charge in [-0.05, 0) is 74.3 Å². The van der Waals surface area contributed by atoms with E-state index in [0.717, 1.165) is 6.54 Å². The number of carbonyl (C=O) groups is 3. The highest BCUT2D eigenvalue weighted by Crippen LogP contribution is 2.39. The Labute approximate surface area is 238 Å². The Hall–Kier alpha value is -4.70. The van der Waals surface area contributed by atoms with E-state index in [1.165, 1.54) is 7.11 Å². The lowest BCUT2D eigenvalue weighted by Crippen LogP contribution is -2.33. The largest absolute Gasteiger partial charge is 0.486 e. The lowest BCUT2D eigenvalue weighted by molar-refractivity contribution is -0.115. The summed E-state index contributed by atoms with van der Waals surface area (Å²) in [5, 5.41) is 2.88. The molecular weight excluding hydrogens is 524 g/mol. The van der Waals surface area contributed by atoms with E-state index in [1.807, 2.05) is 31.1 Å². The highest BCUT2D eigenvalue weighted by Gasteiger charge is 2.36. The van der Waals surface area contributed by atoms with Crippen molar-refractivity contribution in [1.82, 2.24) is 9.80 Å². The number of methoxy groups -OCH3 is 1. The van der Waals surface area contributed by atoms with Crippen LogP contribution < -0.4 is 14.8 Å². The second-order valence-corrected chi connectivity index (χ2v) is 10.1. The Bertz CT molecular complexity index is 1520. The Balaban J connectivity index is 1.52. The number of aliphatic imine (C=N–C) groups is 1. The summed E-state index contributed by atoms with van der Waals surface area (Å²) >= 11 is 0. The van der Waals surface area contributed by atoms with Gasteiger partial charge < -0.3 is 29.3 Å². The van der Waals surface area contributed by atoms with Crippen LogP contribution in [0.1, 0.15) is 37.8 Å². The quantitative estimate of drug-likeness (QED) is 0.333. The number of hydrogen-bond donors (Lipinski definition) is 1. The van der Waals surface area contributed by atoms with Crippen LogP contribution in [0, 0.1) is 0 Å². The molecule has 10 heteroatoms. The summed E-state index contributed by atoms with van der Waals surface area (Å²) in [4.78, 5) is 47.0. The molecule has 2 aliphatic rings. The molecule has 3 aromatic rings. The minimum Gasteiger partial charge on any atom is -0.486 e. The Morgan fingerprint density at radius 2 is 1.59 bits per heavy atom. The predicted molar refractivity (Wildman–Crippen MR) is 155 cm³/mol. The third kappa shape index (κ3) is 5.92. The molecule has 3 aromatic carbocycles. The molecule has 212 valence electrons. The first-order valence-electron chi connectivity index (χ1n) is 13.3. The van der Waals surface area contributed by atoms with E-state index in [9.17, 15) is 14.4 Å². The molecule has 0 aromatic heterocycles. The molecule has 0 fully saturated rings. The first-order valence-corrected chi connectivity index (χ1v) is 13.3. The molecule has 1 unspecified atom stereocenters. The van der Waals surface area contributed by atoms with Gasteiger partial charge >= 0.3 is 5.97 Å². The van der Waals surface area contributed by atoms with E-state index in [-0.39, 0.29) is 11.8 Å². The van der Waals surface area contributed by atoms with Crippen LogP contribution in [-0.4, -0.2) is 87.9 Å². The summed E-state index contributed by atoms with van der Waals surface area (Å²) in [6.07, 6.45) is 0. The fraction of sp³-hybridized carbons (Fsp3) is 0.290. The highest BCUT2D eigenvalue weighted by atomic mass is 16.6. The maximum Gasteiger partial charge on any atom is 0.337 e. The number of hydrogen-bond acceptors (Lipinski definition) is 8. The van der Waals surface area contributed by atoms with Gasteiger partial charge in [0.05, 0.1) is 24.1 Å². The third-order valence-electron chi connectivity index (χ3n) is 7.01. The van der Waals surface area contributed by atoms with Crippen LogP contribution in [0.25, 0.3) is 0 Å². The Morgan fingerprint density at radius 3 is 2.29 bits per heavy atom. The average molecular weight is 557 g/mol. The van der Waals surface area contributed by atoms with Crippen LogP contribution in [0.2, 0.25) is 0 Å². The normalized spacial score (nSPS) is 15.8. The second-order valence-electron chi connectivity index (χ2n) is 10.1. The molecule has 0 spiro atoms. The molecule has 0 aliphatic carbocycles. The van der Waals surface area contributed by atoms with Crippen molar-refractivity contribution in [2.24, 2.45) is 4.99 Å². The maximum absolute atomic E-state index is 13.4. The van der Waals surface area contributed by atoms with Crippen LogP contribution in [0.5, 0.6) is 11.5 Å². The van der Waals surface area contributed by atoms with Gasteiger partial charge in [-0.25, -0.2) is 4.79 Å². The van der Waals surface area contributed by atoms with Crippen molar-refractivity contribution in [3.05, 3.63) is 82.9 Å². The van der Waals surface area contributed by atoms with Crippen molar-refractivity contribution in [3.63, 3.8) is 0 Å². The molecule has 1 N–H and O–H groups in total. The number of rotatable bonds is 8. The molecule has 0 saturated heterocycles. The lowest BCUT2D eigenvalue weighted by Gasteiger charge is -2.21. The number of nitrogens with one attached hydrogen (secondary N) is 1. The van der Waals surface area contributed by atoms with E-state index < -0.39 is 11.9 Å². The van der Waals surface area contributed by atoms with Gasteiger partial charge in [0, 0.05) is 37.0 Å². The minimum atomic E-state index is -0.752. The zero-order valence-corrected chi connectivity index (χ0v) is 23.5. The summed E-state index contributed by atoms with van der Waals surface area (Å²) in [6, 6.07) is 17.4. The highest BCUT2D eigenvalue weighted by molar-refractivity contribution is 6.24. The fourth-order valence-electron chi connectivity index (χ4n) is 4.77. The van der Waals surface area contributed by atoms with E-state index in [2.05, 4.69) is 5.32 Å². The fourth-order valence-corrected chi connectivity index (χ4v) is 4.77. The minimum absolute atomic E-state index is 0.0834. The van der Waals surface area contributed by atoms with Gasteiger partial charge in [-0.2, -0.15) is 0 Å². The average Bonchev–Trinajstić information content (AvgIpc) is 3.32. The van der Waals surface area contributed by atoms with Crippen LogP contribution >= 0.6 is 0 Å². The number of nitrogens with zero attached hydrogens (tertiary/aromatic N) is 3. The molecule has 41 heavy (non-hydrogen) atoms. The van der Waals surface area contributed by atoms with E-state index in [1.54, 1.807) is 60.5 Å². The van der Waals surface area contributed by atoms with Crippen molar-refractivity contribution >= 4 is 34.9 Å². The van der Waals surface area contributed by atoms with Gasteiger partial charge in [0.15, 0.2) is 11.5 Å². The van der Waals surface area contributed by atoms with Crippen molar-refractivity contribution in [3.8, 4) is 11.5 Å². The molecule has 0 bridgehead atoms. The summed E-state index contributed by atoms with van der Waals surface area (Å²) in [5.74, 6) is -0.404. The van der Waals surface area contributed by atoms with Crippen LogP contribution in [0.3, 0.4) is 0 Å². The number of ether oxygens (including phenoxy) is 3. The number of esters is 1. The number of carbonyl (C=O) groups excluding carboxylic acids is 3. The van der Waals surface area contributed by atoms with Gasteiger partial charge in [-0.1, -0.05) is 6.07 Å². The van der Waals surface area contributed by atoms with Gasteiger partial charge in [-0.3, -0.25) is 14.6 Å². The van der Waals surface area contributed by atoms with Gasteiger partial charge in [0.25, 0.3) is 5.91 Å². The second kappa shape index (κ2) is 11.8. The molecule has 0 radical (unpaired) electrons. The van der Waals surface area contributed by atoms with E-state index in [0.29, 0.717) is 70.6 Å². The van der Waals surface area contributed by atoms with E-state index >= 15 is 0 Å². The topological polar surface area (TPSA) is 110 Å². The molecular formula is C31H32N4O6. The van der Waals surface area contributed by atoms with Crippen LogP contribution in [0.4, 0.5) is 11.4 Å². The van der Waals surface area contributed by atoms with Crippen molar-refractivity contribution in [1.29, 1.82) is 0 Å². The molecule has 2 aliphatic heterocycles.